The van der Waals surface area contributed by atoms with Crippen molar-refractivity contribution < 1.29 is 0 Å². The van der Waals surface area contributed by atoms with E-state index >= 15 is 0 Å². The molecule has 0 aliphatic carbocycles. The Labute approximate surface area is 604 Å². The minimum atomic E-state index is 0.860. The minimum absolute atomic E-state index is 0.860. The summed E-state index contributed by atoms with van der Waals surface area (Å²) in [6, 6.07) is 63.6. The van der Waals surface area contributed by atoms with Crippen molar-refractivity contribution >= 4 is 75.5 Å². The summed E-state index contributed by atoms with van der Waals surface area (Å²) < 4.78 is 2.25. The molecule has 10 aromatic carbocycles. The van der Waals surface area contributed by atoms with E-state index in [4.69, 9.17) is 19.9 Å². The van der Waals surface area contributed by atoms with Crippen molar-refractivity contribution in [2.45, 2.75) is 96.9 Å². The maximum atomic E-state index is 5.56. The van der Waals surface area contributed by atoms with Gasteiger partial charge in [-0.3, -0.25) is 0 Å². The molecule has 0 saturated heterocycles. The number of rotatable bonds is 5. The lowest BCUT2D eigenvalue weighted by Crippen LogP contribution is -2.02. The van der Waals surface area contributed by atoms with Crippen LogP contribution in [0, 0.1) is 144 Å². The molecule has 0 radical (unpaired) electrons. The predicted octanol–water partition coefficient (Wildman–Crippen LogP) is 23.7. The van der Waals surface area contributed by atoms with Crippen molar-refractivity contribution in [2.24, 2.45) is 0 Å². The molecular formula is C94H72Br2N4. The van der Waals surface area contributed by atoms with Gasteiger partial charge in [0, 0.05) is 86.1 Å². The van der Waals surface area contributed by atoms with Crippen molar-refractivity contribution in [1.82, 2.24) is 19.9 Å². The Morgan fingerprint density at radius 1 is 0.240 bits per heavy atom. The van der Waals surface area contributed by atoms with Gasteiger partial charge in [0.05, 0.1) is 56.0 Å². The Morgan fingerprint density at radius 2 is 0.490 bits per heavy atom. The molecule has 4 heterocycles. The molecule has 0 atom stereocenters. The van der Waals surface area contributed by atoms with E-state index in [1.807, 2.05) is 48.5 Å². The Kier molecular flexibility index (Phi) is 17.9. The molecule has 14 rings (SSSR count). The van der Waals surface area contributed by atoms with Gasteiger partial charge in [0.15, 0.2) is 0 Å². The van der Waals surface area contributed by atoms with E-state index in [2.05, 4.69) is 310 Å². The van der Waals surface area contributed by atoms with Gasteiger partial charge in [-0.1, -0.05) is 175 Å². The van der Waals surface area contributed by atoms with Crippen molar-refractivity contribution in [3.05, 3.63) is 313 Å². The highest BCUT2D eigenvalue weighted by Gasteiger charge is 2.23. The molecule has 0 bridgehead atoms. The van der Waals surface area contributed by atoms with Crippen LogP contribution < -0.4 is 0 Å². The SMILES string of the molecule is Cc1cc(C)c(-c2ccc3ccc4cc(C#Cc5ccc(C#Cc6ccc(-c7ccc(C#Cc8ccc(C#Cc9cc%10ccc%11ccc(-c%12c(C)cc(C)cc%12C)nc%11c%10nc9-c9c(C)c(C)c(Br)c(C)c9C)cc8)cc7)cc6)cc5)c(-c5c(C)c(C)c(Br)c(C)c5C)nc4c3n2)c(C)c1. The van der Waals surface area contributed by atoms with E-state index < -0.39 is 0 Å². The maximum absolute atomic E-state index is 5.56. The number of hydrogen-bond donors (Lipinski definition) is 0. The van der Waals surface area contributed by atoms with Crippen molar-refractivity contribution in [3.8, 4) is 104 Å². The Morgan fingerprint density at radius 3 is 0.790 bits per heavy atom. The fourth-order valence-electron chi connectivity index (χ4n) is 14.2. The van der Waals surface area contributed by atoms with Gasteiger partial charge in [0.25, 0.3) is 0 Å². The van der Waals surface area contributed by atoms with Crippen LogP contribution in [0.2, 0.25) is 0 Å². The zero-order valence-corrected chi connectivity index (χ0v) is 62.0. The second-order valence-electron chi connectivity index (χ2n) is 26.8. The fraction of sp³-hybridized carbons (Fsp3) is 0.149. The van der Waals surface area contributed by atoms with Crippen molar-refractivity contribution in [1.29, 1.82) is 0 Å². The zero-order valence-electron chi connectivity index (χ0n) is 58.9. The van der Waals surface area contributed by atoms with Crippen molar-refractivity contribution in [2.75, 3.05) is 0 Å². The third-order valence-electron chi connectivity index (χ3n) is 20.0. The summed E-state index contributed by atoms with van der Waals surface area (Å²) in [4.78, 5) is 21.8. The van der Waals surface area contributed by atoms with E-state index in [0.29, 0.717) is 0 Å². The molecule has 4 aromatic heterocycles. The summed E-state index contributed by atoms with van der Waals surface area (Å²) >= 11 is 7.78. The predicted molar refractivity (Wildman–Crippen MR) is 426 cm³/mol. The maximum Gasteiger partial charge on any atom is 0.0973 e. The lowest BCUT2D eigenvalue weighted by Gasteiger charge is -2.19. The summed E-state index contributed by atoms with van der Waals surface area (Å²) in [5, 5.41) is 4.08. The van der Waals surface area contributed by atoms with E-state index in [1.54, 1.807) is 0 Å². The van der Waals surface area contributed by atoms with Gasteiger partial charge in [0.1, 0.15) is 0 Å². The number of halogens is 2. The van der Waals surface area contributed by atoms with Crippen LogP contribution in [-0.2, 0) is 0 Å². The highest BCUT2D eigenvalue weighted by atomic mass is 79.9. The summed E-state index contributed by atoms with van der Waals surface area (Å²) in [6.45, 7) is 30.4. The number of fused-ring (bicyclic) bond motifs is 6. The molecular weight excluding hydrogens is 1340 g/mol. The molecule has 0 aliphatic rings. The topological polar surface area (TPSA) is 51.6 Å². The summed E-state index contributed by atoms with van der Waals surface area (Å²) in [7, 11) is 0. The molecule has 0 spiro atoms. The van der Waals surface area contributed by atoms with Crippen LogP contribution in [0.3, 0.4) is 0 Å². The minimum Gasteiger partial charge on any atom is -0.245 e. The number of nitrogens with zero attached hydrogens (tertiary/aromatic N) is 4. The van der Waals surface area contributed by atoms with Crippen molar-refractivity contribution in [3.63, 3.8) is 0 Å². The third kappa shape index (κ3) is 12.7. The summed E-state index contributed by atoms with van der Waals surface area (Å²) in [5.41, 5.74) is 37.9. The first-order valence-corrected chi connectivity index (χ1v) is 35.4. The smallest absolute Gasteiger partial charge is 0.0973 e. The average Bonchev–Trinajstić information content (AvgIpc) is 0.752. The van der Waals surface area contributed by atoms with Gasteiger partial charge in [-0.2, -0.15) is 0 Å². The molecule has 100 heavy (non-hydrogen) atoms. The Balaban J connectivity index is 0.675. The summed E-state index contributed by atoms with van der Waals surface area (Å²) in [5.74, 6) is 27.7. The highest BCUT2D eigenvalue weighted by molar-refractivity contribution is 9.11. The third-order valence-corrected chi connectivity index (χ3v) is 22.3. The van der Waals surface area contributed by atoms with E-state index in [1.165, 1.54) is 89.0 Å². The number of aromatic nitrogens is 4. The molecule has 4 nitrogen and oxygen atoms in total. The Hall–Kier alpha value is -11.0. The molecule has 0 amide bonds. The lowest BCUT2D eigenvalue weighted by molar-refractivity contribution is 1.20. The molecule has 0 unspecified atom stereocenters. The molecule has 482 valence electrons. The zero-order chi connectivity index (χ0) is 69.9. The van der Waals surface area contributed by atoms with Gasteiger partial charge < -0.3 is 0 Å². The van der Waals surface area contributed by atoms with Crippen LogP contribution >= 0.6 is 31.9 Å². The number of hydrogen-bond acceptors (Lipinski definition) is 4. The number of pyridine rings is 4. The normalized spacial score (nSPS) is 11.1. The second-order valence-corrected chi connectivity index (χ2v) is 28.4. The van der Waals surface area contributed by atoms with E-state index in [0.717, 1.165) is 142 Å². The largest absolute Gasteiger partial charge is 0.245 e. The first kappa shape index (κ1) is 66.3. The van der Waals surface area contributed by atoms with Gasteiger partial charge in [0.2, 0.25) is 0 Å². The van der Waals surface area contributed by atoms with Crippen LogP contribution in [0.5, 0.6) is 0 Å². The van der Waals surface area contributed by atoms with E-state index in [9.17, 15) is 0 Å². The van der Waals surface area contributed by atoms with Crippen LogP contribution in [0.4, 0.5) is 0 Å². The second kappa shape index (κ2) is 27.0. The first-order valence-electron chi connectivity index (χ1n) is 33.8. The summed E-state index contributed by atoms with van der Waals surface area (Å²) in [6.07, 6.45) is 0. The van der Waals surface area contributed by atoms with Gasteiger partial charge in [-0.05, 0) is 272 Å². The van der Waals surface area contributed by atoms with Crippen LogP contribution in [0.25, 0.3) is 99.8 Å². The quantitative estimate of drug-likeness (QED) is 0.127. The molecule has 6 heteroatoms. The van der Waals surface area contributed by atoms with Crippen LogP contribution in [0.1, 0.15) is 122 Å². The molecule has 0 aliphatic heterocycles. The van der Waals surface area contributed by atoms with E-state index in [-0.39, 0.29) is 0 Å². The van der Waals surface area contributed by atoms with Gasteiger partial charge >= 0.3 is 0 Å². The number of aryl methyl sites for hydroxylation is 6. The molecule has 0 fully saturated rings. The first-order chi connectivity index (χ1) is 48.1. The molecule has 0 N–H and O–H groups in total. The molecule has 0 saturated carbocycles. The fourth-order valence-corrected chi connectivity index (χ4v) is 15.4. The molecule has 14 aromatic rings. The average molecular weight is 1420 g/mol. The van der Waals surface area contributed by atoms with Gasteiger partial charge in [-0.25, -0.2) is 19.9 Å². The monoisotopic (exact) mass is 1410 g/mol. The van der Waals surface area contributed by atoms with Crippen LogP contribution in [0.15, 0.2) is 191 Å². The lowest BCUT2D eigenvalue weighted by atomic mass is 9.89. The highest BCUT2D eigenvalue weighted by Crippen LogP contribution is 2.42. The standard InChI is InChI=1S/C94H72Br2N4/c1-53-47-55(3)83(56(4)48-53)81-45-43-75-39-41-79-51-77(89(99-93(79)91(75)97-81)85-59(7)63(11)87(95)64(12)60(85)8)37-31-69-21-15-67(16-22-69)19-25-71-27-33-73(34-28-71)74-35-29-72(30-36-74)26-20-68-17-23-70(24-18-68)32-38-78-52-80-42-40-76-44-46-82(84-57(5)49-54(2)50-58(84)6)98-92(76)94(80)100-90(78)86-61(9)65(13)88(96)66(14)62(86)10/h15-18,21-24,27-30,33-36,39-52H,1-14H3. The van der Waals surface area contributed by atoms with Gasteiger partial charge in [-0.15, -0.1) is 0 Å². The Bertz CT molecular complexity index is 5590. The van der Waals surface area contributed by atoms with Crippen LogP contribution in [-0.4, -0.2) is 19.9 Å². The number of benzene rings is 10.